The summed E-state index contributed by atoms with van der Waals surface area (Å²) in [5.41, 5.74) is 2.28. The van der Waals surface area contributed by atoms with Crippen LogP contribution in [0.3, 0.4) is 0 Å². The van der Waals surface area contributed by atoms with Gasteiger partial charge >= 0.3 is 0 Å². The van der Waals surface area contributed by atoms with Gasteiger partial charge in [-0.2, -0.15) is 0 Å². The lowest BCUT2D eigenvalue weighted by Gasteiger charge is -2.03. The highest BCUT2D eigenvalue weighted by atomic mass is 15.0. The van der Waals surface area contributed by atoms with Crippen molar-refractivity contribution >= 4 is 6.08 Å². The van der Waals surface area contributed by atoms with Crippen LogP contribution < -0.4 is 0 Å². The molecule has 0 amide bonds. The van der Waals surface area contributed by atoms with Crippen molar-refractivity contribution in [2.45, 2.75) is 6.92 Å². The second-order valence-corrected chi connectivity index (χ2v) is 3.42. The molecule has 0 radical (unpaired) electrons. The molecule has 0 aliphatic heterocycles. The zero-order valence-electron chi connectivity index (χ0n) is 8.49. The van der Waals surface area contributed by atoms with Crippen LogP contribution in [0.15, 0.2) is 24.4 Å². The Morgan fingerprint density at radius 3 is 2.85 bits per heavy atom. The molecule has 0 aliphatic carbocycles. The van der Waals surface area contributed by atoms with Crippen molar-refractivity contribution in [3.63, 3.8) is 0 Å². The molecular weight excluding hydrogens is 160 g/mol. The second-order valence-electron chi connectivity index (χ2n) is 3.42. The predicted molar refractivity (Wildman–Crippen MR) is 56.6 cm³/mol. The van der Waals surface area contributed by atoms with Crippen molar-refractivity contribution in [3.8, 4) is 0 Å². The largest absolute Gasteiger partial charge is 0.306 e. The van der Waals surface area contributed by atoms with Gasteiger partial charge in [0, 0.05) is 12.7 Å². The molecule has 0 saturated heterocycles. The number of aromatic nitrogens is 1. The molecule has 2 heteroatoms. The van der Waals surface area contributed by atoms with E-state index in [4.69, 9.17) is 0 Å². The van der Waals surface area contributed by atoms with Crippen molar-refractivity contribution in [2.24, 2.45) is 0 Å². The molecule has 13 heavy (non-hydrogen) atoms. The molecule has 1 aromatic rings. The standard InChI is InChI=1S/C11H16N2/c1-10-6-7-12-11(9-10)5-4-8-13(2)3/h4-7,9H,8H2,1-3H3/b5-4+. The normalized spacial score (nSPS) is 11.4. The fraction of sp³-hybridized carbons (Fsp3) is 0.364. The lowest BCUT2D eigenvalue weighted by atomic mass is 10.2. The summed E-state index contributed by atoms with van der Waals surface area (Å²) in [6.45, 7) is 3.03. The molecule has 0 saturated carbocycles. The van der Waals surface area contributed by atoms with Crippen molar-refractivity contribution in [2.75, 3.05) is 20.6 Å². The third-order valence-corrected chi connectivity index (χ3v) is 1.70. The van der Waals surface area contributed by atoms with Crippen molar-refractivity contribution in [1.29, 1.82) is 0 Å². The first-order valence-electron chi connectivity index (χ1n) is 4.42. The Morgan fingerprint density at radius 2 is 2.23 bits per heavy atom. The first kappa shape index (κ1) is 9.93. The van der Waals surface area contributed by atoms with Crippen molar-refractivity contribution in [1.82, 2.24) is 9.88 Å². The van der Waals surface area contributed by atoms with Crippen molar-refractivity contribution < 1.29 is 0 Å². The maximum atomic E-state index is 4.23. The zero-order chi connectivity index (χ0) is 9.68. The van der Waals surface area contributed by atoms with Gasteiger partial charge in [-0.25, -0.2) is 0 Å². The highest BCUT2D eigenvalue weighted by molar-refractivity contribution is 5.45. The van der Waals surface area contributed by atoms with E-state index in [1.807, 2.05) is 32.4 Å². The number of pyridine rings is 1. The van der Waals surface area contributed by atoms with Crippen LogP contribution in [0.1, 0.15) is 11.3 Å². The van der Waals surface area contributed by atoms with Crippen LogP contribution in [0.5, 0.6) is 0 Å². The maximum Gasteiger partial charge on any atom is 0.0629 e. The van der Waals surface area contributed by atoms with E-state index in [-0.39, 0.29) is 0 Å². The fourth-order valence-electron chi connectivity index (χ4n) is 1.03. The molecule has 0 unspecified atom stereocenters. The highest BCUT2D eigenvalue weighted by Gasteiger charge is 1.88. The Kier molecular flexibility index (Phi) is 3.65. The van der Waals surface area contributed by atoms with Crippen LogP contribution in [0.4, 0.5) is 0 Å². The van der Waals surface area contributed by atoms with E-state index in [0.29, 0.717) is 0 Å². The summed E-state index contributed by atoms with van der Waals surface area (Å²) in [5.74, 6) is 0. The van der Waals surface area contributed by atoms with E-state index in [1.165, 1.54) is 5.56 Å². The van der Waals surface area contributed by atoms with Crippen LogP contribution in [0.25, 0.3) is 6.08 Å². The Hall–Kier alpha value is -1.15. The molecule has 2 nitrogen and oxygen atoms in total. The Bertz CT molecular complexity index is 290. The van der Waals surface area contributed by atoms with Crippen LogP contribution in [-0.4, -0.2) is 30.5 Å². The van der Waals surface area contributed by atoms with E-state index in [9.17, 15) is 0 Å². The van der Waals surface area contributed by atoms with Gasteiger partial charge in [0.1, 0.15) is 0 Å². The van der Waals surface area contributed by atoms with Gasteiger partial charge in [0.05, 0.1) is 5.69 Å². The van der Waals surface area contributed by atoms with Crippen LogP contribution in [-0.2, 0) is 0 Å². The third kappa shape index (κ3) is 3.85. The molecule has 0 N–H and O–H groups in total. The van der Waals surface area contributed by atoms with Crippen LogP contribution in [0.2, 0.25) is 0 Å². The molecule has 1 rings (SSSR count). The fourth-order valence-corrected chi connectivity index (χ4v) is 1.03. The van der Waals surface area contributed by atoms with Gasteiger partial charge in [0.25, 0.3) is 0 Å². The van der Waals surface area contributed by atoms with E-state index >= 15 is 0 Å². The van der Waals surface area contributed by atoms with Crippen LogP contribution >= 0.6 is 0 Å². The van der Waals surface area contributed by atoms with Gasteiger partial charge in [-0.1, -0.05) is 6.08 Å². The molecule has 0 aliphatic rings. The number of rotatable bonds is 3. The lowest BCUT2D eigenvalue weighted by Crippen LogP contribution is -2.10. The quantitative estimate of drug-likeness (QED) is 0.700. The predicted octanol–water partition coefficient (Wildman–Crippen LogP) is 1.96. The first-order chi connectivity index (χ1) is 6.18. The van der Waals surface area contributed by atoms with E-state index in [0.717, 1.165) is 12.2 Å². The van der Waals surface area contributed by atoms with E-state index in [1.54, 1.807) is 0 Å². The average Bonchev–Trinajstić information content (AvgIpc) is 2.03. The van der Waals surface area contributed by atoms with E-state index in [2.05, 4.69) is 29.0 Å². The number of likely N-dealkylation sites (N-methyl/N-ethyl adjacent to an activating group) is 1. The number of nitrogens with zero attached hydrogens (tertiary/aromatic N) is 2. The summed E-state index contributed by atoms with van der Waals surface area (Å²) in [6.07, 6.45) is 6.00. The monoisotopic (exact) mass is 176 g/mol. The minimum absolute atomic E-state index is 0.954. The summed E-state index contributed by atoms with van der Waals surface area (Å²) in [4.78, 5) is 6.35. The highest BCUT2D eigenvalue weighted by Crippen LogP contribution is 2.01. The Balaban J connectivity index is 2.58. The van der Waals surface area contributed by atoms with Gasteiger partial charge < -0.3 is 4.90 Å². The Labute approximate surface area is 79.9 Å². The van der Waals surface area contributed by atoms with Gasteiger partial charge in [-0.05, 0) is 44.8 Å². The summed E-state index contributed by atoms with van der Waals surface area (Å²) in [7, 11) is 4.10. The topological polar surface area (TPSA) is 16.1 Å². The zero-order valence-corrected chi connectivity index (χ0v) is 8.49. The number of hydrogen-bond acceptors (Lipinski definition) is 2. The molecule has 1 aromatic heterocycles. The van der Waals surface area contributed by atoms with Crippen LogP contribution in [0, 0.1) is 6.92 Å². The SMILES string of the molecule is Cc1ccnc(/C=C/CN(C)C)c1. The molecule has 0 bridgehead atoms. The molecule has 0 atom stereocenters. The smallest absolute Gasteiger partial charge is 0.0629 e. The van der Waals surface area contributed by atoms with Gasteiger partial charge in [-0.3, -0.25) is 4.98 Å². The third-order valence-electron chi connectivity index (χ3n) is 1.70. The van der Waals surface area contributed by atoms with Crippen molar-refractivity contribution in [3.05, 3.63) is 35.7 Å². The van der Waals surface area contributed by atoms with Gasteiger partial charge in [0.2, 0.25) is 0 Å². The molecule has 0 spiro atoms. The lowest BCUT2D eigenvalue weighted by molar-refractivity contribution is 0.457. The van der Waals surface area contributed by atoms with E-state index < -0.39 is 0 Å². The molecule has 1 heterocycles. The van der Waals surface area contributed by atoms with Gasteiger partial charge in [-0.15, -0.1) is 0 Å². The maximum absolute atomic E-state index is 4.23. The second kappa shape index (κ2) is 4.77. The summed E-state index contributed by atoms with van der Waals surface area (Å²) in [5, 5.41) is 0. The van der Waals surface area contributed by atoms with Gasteiger partial charge in [0.15, 0.2) is 0 Å². The number of aryl methyl sites for hydroxylation is 1. The number of hydrogen-bond donors (Lipinski definition) is 0. The summed E-state index contributed by atoms with van der Waals surface area (Å²) < 4.78 is 0. The molecular formula is C11H16N2. The molecule has 0 aromatic carbocycles. The average molecular weight is 176 g/mol. The minimum Gasteiger partial charge on any atom is -0.306 e. The Morgan fingerprint density at radius 1 is 1.46 bits per heavy atom. The minimum atomic E-state index is 0.954. The molecule has 70 valence electrons. The molecule has 0 fully saturated rings. The summed E-state index contributed by atoms with van der Waals surface area (Å²) >= 11 is 0. The summed E-state index contributed by atoms with van der Waals surface area (Å²) in [6, 6.07) is 4.08. The first-order valence-corrected chi connectivity index (χ1v) is 4.42.